The molecule has 0 bridgehead atoms. The fourth-order valence-electron chi connectivity index (χ4n) is 11.4. The number of amides is 1. The summed E-state index contributed by atoms with van der Waals surface area (Å²) in [5.74, 6) is 3.18. The molecule has 1 aromatic rings. The first kappa shape index (κ1) is 30.7. The summed E-state index contributed by atoms with van der Waals surface area (Å²) in [6, 6.07) is 10.0. The first-order valence-electron chi connectivity index (χ1n) is 17.2. The van der Waals surface area contributed by atoms with Gasteiger partial charge in [-0.05, 0) is 111 Å². The van der Waals surface area contributed by atoms with Crippen LogP contribution in [0.3, 0.4) is 0 Å². The Morgan fingerprint density at radius 2 is 1.86 bits per heavy atom. The van der Waals surface area contributed by atoms with Crippen LogP contribution in [0.15, 0.2) is 41.5 Å². The number of hydrogen-bond donors (Lipinski definition) is 1. The Morgan fingerprint density at radius 3 is 2.61 bits per heavy atom. The van der Waals surface area contributed by atoms with Crippen LogP contribution in [0.1, 0.15) is 91.0 Å². The van der Waals surface area contributed by atoms with Crippen LogP contribution in [0.2, 0.25) is 0 Å². The number of piperidine rings is 1. The minimum absolute atomic E-state index is 0.0322. The van der Waals surface area contributed by atoms with Gasteiger partial charge in [0.2, 0.25) is 10.0 Å². The van der Waals surface area contributed by atoms with Crippen LogP contribution in [0, 0.1) is 40.9 Å². The Bertz CT molecular complexity index is 1410. The lowest BCUT2D eigenvalue weighted by Gasteiger charge is -2.54. The number of rotatable bonds is 4. The van der Waals surface area contributed by atoms with Crippen molar-refractivity contribution in [2.45, 2.75) is 116 Å². The van der Waals surface area contributed by atoms with E-state index in [1.54, 1.807) is 5.57 Å². The first-order valence-corrected chi connectivity index (χ1v) is 19.1. The molecule has 11 atom stereocenters. The predicted octanol–water partition coefficient (Wildman–Crippen LogP) is 6.69. The zero-order valence-electron chi connectivity index (χ0n) is 27.3. The van der Waals surface area contributed by atoms with E-state index in [9.17, 15) is 13.2 Å². The van der Waals surface area contributed by atoms with Gasteiger partial charge in [0.15, 0.2) is 0 Å². The fraction of sp³-hybridized carbons (Fsp3) is 0.750. The van der Waals surface area contributed by atoms with Gasteiger partial charge in [0.1, 0.15) is 6.61 Å². The van der Waals surface area contributed by atoms with Gasteiger partial charge >= 0.3 is 6.09 Å². The number of carbonyl (C=O) groups is 1. The van der Waals surface area contributed by atoms with Crippen molar-refractivity contribution >= 4 is 16.1 Å². The molecule has 7 nitrogen and oxygen atoms in total. The Kier molecular flexibility index (Phi) is 7.77. The summed E-state index contributed by atoms with van der Waals surface area (Å²) < 4.78 is 40.0. The van der Waals surface area contributed by atoms with Gasteiger partial charge in [0.05, 0.1) is 24.0 Å². The van der Waals surface area contributed by atoms with Crippen LogP contribution in [-0.2, 0) is 26.1 Å². The molecule has 3 saturated carbocycles. The molecule has 2 aliphatic heterocycles. The number of benzene rings is 1. The highest BCUT2D eigenvalue weighted by Gasteiger charge is 2.63. The molecule has 1 spiro atoms. The van der Waals surface area contributed by atoms with Crippen LogP contribution in [0.4, 0.5) is 4.79 Å². The quantitative estimate of drug-likeness (QED) is 0.378. The maximum atomic E-state index is 13.6. The van der Waals surface area contributed by atoms with E-state index in [2.05, 4.69) is 32.4 Å². The highest BCUT2D eigenvalue weighted by Crippen LogP contribution is 2.66. The minimum atomic E-state index is -3.18. The summed E-state index contributed by atoms with van der Waals surface area (Å²) in [6.07, 6.45) is 10.9. The van der Waals surface area contributed by atoms with Crippen molar-refractivity contribution in [2.75, 3.05) is 12.8 Å². The van der Waals surface area contributed by atoms with E-state index < -0.39 is 10.0 Å². The lowest BCUT2D eigenvalue weighted by Crippen LogP contribution is -2.54. The number of ether oxygens (including phenoxy) is 2. The average molecular weight is 625 g/mol. The van der Waals surface area contributed by atoms with E-state index >= 15 is 0 Å². The lowest BCUT2D eigenvalue weighted by atomic mass is 9.52. The molecule has 0 aromatic heterocycles. The first-order chi connectivity index (χ1) is 20.9. The maximum Gasteiger partial charge on any atom is 0.410 e. The largest absolute Gasteiger partial charge is 0.445 e. The molecule has 1 amide bonds. The molecule has 4 aliphatic carbocycles. The Balaban J connectivity index is 1.12. The molecule has 2 heterocycles. The number of likely N-dealkylation sites (tertiary alicyclic amines) is 1. The Labute approximate surface area is 264 Å². The Hall–Kier alpha value is -1.90. The number of nitrogens with zero attached hydrogens (tertiary/aromatic N) is 1. The second-order valence-corrected chi connectivity index (χ2v) is 17.5. The van der Waals surface area contributed by atoms with Crippen molar-refractivity contribution in [1.82, 2.24) is 9.62 Å². The van der Waals surface area contributed by atoms with E-state index in [1.807, 2.05) is 35.2 Å². The standard InChI is InChI=1S/C36H52N2O5S/c1-22-17-32-33(38(20-22)34(39)42-21-25-9-7-6-8-10-25)24(3)36(43-32)16-14-28-29-12-11-26-18-27(37-44(5,40)41)13-15-35(26,4)31(29)19-30(28)23(36)2/h6-10,22,24,26-29,31-33,37H,11-21H2,1-5H3/t22?,24-,26-,27-,28+,29?,31+,32-,33?,35?,36?/m1/s1. The summed E-state index contributed by atoms with van der Waals surface area (Å²) in [4.78, 5) is 15.6. The second kappa shape index (κ2) is 11.1. The van der Waals surface area contributed by atoms with E-state index in [1.165, 1.54) is 31.1 Å². The number of fused-ring (bicyclic) bond motifs is 6. The number of carbonyl (C=O) groups excluding carboxylic acids is 1. The highest BCUT2D eigenvalue weighted by atomic mass is 32.2. The molecule has 1 N–H and O–H groups in total. The molecule has 44 heavy (non-hydrogen) atoms. The van der Waals surface area contributed by atoms with Crippen molar-refractivity contribution in [2.24, 2.45) is 40.9 Å². The highest BCUT2D eigenvalue weighted by molar-refractivity contribution is 7.88. The molecule has 2 saturated heterocycles. The molecule has 1 aromatic carbocycles. The molecule has 242 valence electrons. The summed E-state index contributed by atoms with van der Waals surface area (Å²) in [5, 5.41) is 0. The topological polar surface area (TPSA) is 84.9 Å². The van der Waals surface area contributed by atoms with Crippen LogP contribution < -0.4 is 4.72 Å². The van der Waals surface area contributed by atoms with Gasteiger partial charge in [0, 0.05) is 18.5 Å². The van der Waals surface area contributed by atoms with Crippen LogP contribution in [0.5, 0.6) is 0 Å². The van der Waals surface area contributed by atoms with Crippen molar-refractivity contribution in [1.29, 1.82) is 0 Å². The monoisotopic (exact) mass is 624 g/mol. The third kappa shape index (κ3) is 5.06. The third-order valence-corrected chi connectivity index (χ3v) is 14.2. The van der Waals surface area contributed by atoms with E-state index in [4.69, 9.17) is 9.47 Å². The summed E-state index contributed by atoms with van der Waals surface area (Å²) in [7, 11) is -3.18. The zero-order chi connectivity index (χ0) is 31.0. The van der Waals surface area contributed by atoms with E-state index in [0.29, 0.717) is 30.3 Å². The molecule has 8 heteroatoms. The molecule has 5 unspecified atom stereocenters. The molecular formula is C36H52N2O5S. The molecule has 7 rings (SSSR count). The number of sulfonamides is 1. The Morgan fingerprint density at radius 1 is 1.09 bits per heavy atom. The third-order valence-electron chi connectivity index (χ3n) is 13.4. The summed E-state index contributed by atoms with van der Waals surface area (Å²) >= 11 is 0. The van der Waals surface area contributed by atoms with Gasteiger partial charge in [-0.1, -0.05) is 56.7 Å². The van der Waals surface area contributed by atoms with Gasteiger partial charge in [-0.25, -0.2) is 17.9 Å². The average Bonchev–Trinajstić information content (AvgIpc) is 3.50. The van der Waals surface area contributed by atoms with Crippen molar-refractivity contribution in [3.63, 3.8) is 0 Å². The molecule has 5 fully saturated rings. The van der Waals surface area contributed by atoms with Gasteiger partial charge in [-0.3, -0.25) is 0 Å². The number of hydrogen-bond acceptors (Lipinski definition) is 5. The van der Waals surface area contributed by atoms with Gasteiger partial charge in [-0.2, -0.15) is 0 Å². The van der Waals surface area contributed by atoms with Gasteiger partial charge in [0.25, 0.3) is 0 Å². The van der Waals surface area contributed by atoms with Crippen molar-refractivity contribution < 1.29 is 22.7 Å². The summed E-state index contributed by atoms with van der Waals surface area (Å²) in [5.41, 5.74) is 4.08. The molecular weight excluding hydrogens is 572 g/mol. The number of allylic oxidation sites excluding steroid dienone is 1. The van der Waals surface area contributed by atoms with Gasteiger partial charge < -0.3 is 14.4 Å². The second-order valence-electron chi connectivity index (χ2n) is 15.8. The van der Waals surface area contributed by atoms with Crippen molar-refractivity contribution in [3.05, 3.63) is 47.0 Å². The molecule has 0 radical (unpaired) electrons. The fourth-order valence-corrected chi connectivity index (χ4v) is 12.2. The smallest absolute Gasteiger partial charge is 0.410 e. The zero-order valence-corrected chi connectivity index (χ0v) is 28.1. The van der Waals surface area contributed by atoms with Crippen LogP contribution >= 0.6 is 0 Å². The lowest BCUT2D eigenvalue weighted by molar-refractivity contribution is -0.0666. The predicted molar refractivity (Wildman–Crippen MR) is 171 cm³/mol. The summed E-state index contributed by atoms with van der Waals surface area (Å²) in [6.45, 7) is 10.5. The molecule has 6 aliphatic rings. The van der Waals surface area contributed by atoms with E-state index in [-0.39, 0.29) is 41.2 Å². The number of nitrogens with one attached hydrogen (secondary N) is 1. The van der Waals surface area contributed by atoms with Crippen molar-refractivity contribution in [3.8, 4) is 0 Å². The van der Waals surface area contributed by atoms with Crippen LogP contribution in [0.25, 0.3) is 0 Å². The van der Waals surface area contributed by atoms with Gasteiger partial charge in [-0.15, -0.1) is 0 Å². The van der Waals surface area contributed by atoms with E-state index in [0.717, 1.165) is 56.6 Å². The van der Waals surface area contributed by atoms with Crippen LogP contribution in [-0.4, -0.2) is 56.0 Å². The SMILES string of the molecule is CC1=C2C[C@H]3C(CC[C@@H]4C[C@H](NS(C)(=O)=O)CCC43C)[C@@H]2CCC12O[C@@H]1CC(C)CN(C(=O)OCc3ccccc3)C1[C@H]2C. The minimum Gasteiger partial charge on any atom is -0.445 e. The normalized spacial score (nSPS) is 43.3. The maximum absolute atomic E-state index is 13.6.